The average molecular weight is 367 g/mol. The van der Waals surface area contributed by atoms with Crippen molar-refractivity contribution in [3.8, 4) is 0 Å². The van der Waals surface area contributed by atoms with Gasteiger partial charge in [0, 0.05) is 26.2 Å². The Morgan fingerprint density at radius 3 is 2.76 bits per heavy atom. The lowest BCUT2D eigenvalue weighted by Gasteiger charge is -2.26. The Hall–Kier alpha value is -1.83. The zero-order chi connectivity index (χ0) is 17.8. The van der Waals surface area contributed by atoms with Gasteiger partial charge in [-0.2, -0.15) is 5.10 Å². The fourth-order valence-corrected chi connectivity index (χ4v) is 2.94. The molecule has 1 fully saturated rings. The SMILES string of the molecule is Cc1nn(Cc2ccc(C(=O)NCCN3CCOCC3)o2)c(C)c1Cl. The van der Waals surface area contributed by atoms with Crippen LogP contribution in [0.15, 0.2) is 16.5 Å². The number of ether oxygens (including phenoxy) is 1. The van der Waals surface area contributed by atoms with Gasteiger partial charge in [0.1, 0.15) is 5.76 Å². The number of aryl methyl sites for hydroxylation is 1. The number of morpholine rings is 1. The van der Waals surface area contributed by atoms with E-state index in [1.54, 1.807) is 16.8 Å². The quantitative estimate of drug-likeness (QED) is 0.844. The Morgan fingerprint density at radius 2 is 2.08 bits per heavy atom. The van der Waals surface area contributed by atoms with Crippen molar-refractivity contribution in [2.45, 2.75) is 20.4 Å². The summed E-state index contributed by atoms with van der Waals surface area (Å²) in [5, 5.41) is 7.92. The van der Waals surface area contributed by atoms with Crippen molar-refractivity contribution in [3.63, 3.8) is 0 Å². The van der Waals surface area contributed by atoms with E-state index < -0.39 is 0 Å². The monoisotopic (exact) mass is 366 g/mol. The van der Waals surface area contributed by atoms with Gasteiger partial charge >= 0.3 is 0 Å². The predicted octanol–water partition coefficient (Wildman–Crippen LogP) is 1.86. The Morgan fingerprint density at radius 1 is 1.32 bits per heavy atom. The molecule has 7 nitrogen and oxygen atoms in total. The molecule has 0 radical (unpaired) electrons. The van der Waals surface area contributed by atoms with Crippen LogP contribution in [0.3, 0.4) is 0 Å². The second-order valence-electron chi connectivity index (χ2n) is 6.12. The summed E-state index contributed by atoms with van der Waals surface area (Å²) in [5.41, 5.74) is 1.67. The molecule has 0 saturated carbocycles. The number of halogens is 1. The van der Waals surface area contributed by atoms with Crippen molar-refractivity contribution in [2.75, 3.05) is 39.4 Å². The van der Waals surface area contributed by atoms with Gasteiger partial charge in [-0.1, -0.05) is 11.6 Å². The van der Waals surface area contributed by atoms with Crippen LogP contribution in [0.5, 0.6) is 0 Å². The molecule has 0 bridgehead atoms. The van der Waals surface area contributed by atoms with Crippen molar-refractivity contribution in [3.05, 3.63) is 40.1 Å². The number of hydrogen-bond donors (Lipinski definition) is 1. The second-order valence-corrected chi connectivity index (χ2v) is 6.50. The Labute approximate surface area is 151 Å². The maximum absolute atomic E-state index is 12.2. The lowest BCUT2D eigenvalue weighted by atomic mass is 10.3. The van der Waals surface area contributed by atoms with Crippen LogP contribution in [0.1, 0.15) is 27.7 Å². The normalized spacial score (nSPS) is 15.5. The van der Waals surface area contributed by atoms with Gasteiger partial charge in [0.25, 0.3) is 5.91 Å². The Bertz CT molecular complexity index is 734. The van der Waals surface area contributed by atoms with Crippen LogP contribution >= 0.6 is 11.6 Å². The number of furan rings is 1. The molecule has 1 aliphatic rings. The summed E-state index contributed by atoms with van der Waals surface area (Å²) >= 11 is 6.15. The summed E-state index contributed by atoms with van der Waals surface area (Å²) < 4.78 is 12.7. The van der Waals surface area contributed by atoms with Gasteiger partial charge in [-0.05, 0) is 26.0 Å². The van der Waals surface area contributed by atoms with E-state index >= 15 is 0 Å². The van der Waals surface area contributed by atoms with E-state index in [2.05, 4.69) is 15.3 Å². The van der Waals surface area contributed by atoms with Crippen molar-refractivity contribution >= 4 is 17.5 Å². The molecular weight excluding hydrogens is 344 g/mol. The minimum atomic E-state index is -0.203. The molecule has 1 aliphatic heterocycles. The molecule has 1 N–H and O–H groups in total. The van der Waals surface area contributed by atoms with Crippen LogP contribution in [0.4, 0.5) is 0 Å². The van der Waals surface area contributed by atoms with Crippen LogP contribution in [-0.4, -0.2) is 60.0 Å². The minimum Gasteiger partial charge on any atom is -0.454 e. The summed E-state index contributed by atoms with van der Waals surface area (Å²) in [6.45, 7) is 8.94. The third kappa shape index (κ3) is 4.42. The van der Waals surface area contributed by atoms with Crippen LogP contribution < -0.4 is 5.32 Å². The highest BCUT2D eigenvalue weighted by atomic mass is 35.5. The van der Waals surface area contributed by atoms with E-state index in [1.165, 1.54) is 0 Å². The highest BCUT2D eigenvalue weighted by molar-refractivity contribution is 6.31. The molecular formula is C17H23ClN4O3. The van der Waals surface area contributed by atoms with Crippen molar-refractivity contribution in [2.24, 2.45) is 0 Å². The molecule has 0 spiro atoms. The van der Waals surface area contributed by atoms with E-state index in [1.807, 2.05) is 13.8 Å². The van der Waals surface area contributed by atoms with Gasteiger partial charge < -0.3 is 14.5 Å². The van der Waals surface area contributed by atoms with Crippen molar-refractivity contribution < 1.29 is 13.9 Å². The van der Waals surface area contributed by atoms with Gasteiger partial charge in [0.15, 0.2) is 5.76 Å². The van der Waals surface area contributed by atoms with Crippen LogP contribution in [-0.2, 0) is 11.3 Å². The second kappa shape index (κ2) is 8.03. The maximum atomic E-state index is 12.2. The van der Waals surface area contributed by atoms with Crippen LogP contribution in [0.2, 0.25) is 5.02 Å². The molecule has 1 saturated heterocycles. The summed E-state index contributed by atoms with van der Waals surface area (Å²) in [4.78, 5) is 14.5. The van der Waals surface area contributed by atoms with E-state index in [4.69, 9.17) is 20.8 Å². The molecule has 1 amide bonds. The van der Waals surface area contributed by atoms with Crippen LogP contribution in [0.25, 0.3) is 0 Å². The third-order valence-electron chi connectivity index (χ3n) is 4.30. The van der Waals surface area contributed by atoms with Gasteiger partial charge in [0.2, 0.25) is 0 Å². The molecule has 8 heteroatoms. The average Bonchev–Trinajstić information content (AvgIpc) is 3.17. The summed E-state index contributed by atoms with van der Waals surface area (Å²) in [6.07, 6.45) is 0. The topological polar surface area (TPSA) is 72.5 Å². The van der Waals surface area contributed by atoms with E-state index in [9.17, 15) is 4.79 Å². The van der Waals surface area contributed by atoms with E-state index in [0.29, 0.717) is 29.6 Å². The molecule has 0 aliphatic carbocycles. The van der Waals surface area contributed by atoms with Crippen molar-refractivity contribution in [1.29, 1.82) is 0 Å². The van der Waals surface area contributed by atoms with Crippen molar-refractivity contribution in [1.82, 2.24) is 20.0 Å². The number of carbonyl (C=O) groups is 1. The first kappa shape index (κ1) is 18.0. The number of hydrogen-bond acceptors (Lipinski definition) is 5. The number of nitrogens with one attached hydrogen (secondary N) is 1. The number of carbonyl (C=O) groups excluding carboxylic acids is 1. The molecule has 2 aromatic heterocycles. The Balaban J connectivity index is 1.51. The molecule has 0 atom stereocenters. The summed E-state index contributed by atoms with van der Waals surface area (Å²) in [7, 11) is 0. The first-order valence-corrected chi connectivity index (χ1v) is 8.79. The number of aromatic nitrogens is 2. The van der Waals surface area contributed by atoms with Gasteiger partial charge in [-0.3, -0.25) is 14.4 Å². The zero-order valence-corrected chi connectivity index (χ0v) is 15.3. The lowest BCUT2D eigenvalue weighted by molar-refractivity contribution is 0.0382. The standard InChI is InChI=1S/C17H23ClN4O3/c1-12-16(18)13(2)22(20-12)11-14-3-4-15(25-14)17(23)19-5-6-21-7-9-24-10-8-21/h3-4H,5-11H2,1-2H3,(H,19,23). The smallest absolute Gasteiger partial charge is 0.287 e. The minimum absolute atomic E-state index is 0.203. The molecule has 3 heterocycles. The molecule has 0 aromatic carbocycles. The van der Waals surface area contributed by atoms with Gasteiger partial charge in [0.05, 0.1) is 36.2 Å². The van der Waals surface area contributed by atoms with Gasteiger partial charge in [-0.15, -0.1) is 0 Å². The maximum Gasteiger partial charge on any atom is 0.287 e. The Kier molecular flexibility index (Phi) is 5.78. The number of nitrogens with zero attached hydrogens (tertiary/aromatic N) is 3. The summed E-state index contributed by atoms with van der Waals surface area (Å²) in [5.74, 6) is 0.774. The molecule has 3 rings (SSSR count). The van der Waals surface area contributed by atoms with Crippen LogP contribution in [0, 0.1) is 13.8 Å². The molecule has 25 heavy (non-hydrogen) atoms. The van der Waals surface area contributed by atoms with E-state index in [0.717, 1.165) is 44.2 Å². The zero-order valence-electron chi connectivity index (χ0n) is 14.5. The number of amides is 1. The largest absolute Gasteiger partial charge is 0.454 e. The lowest BCUT2D eigenvalue weighted by Crippen LogP contribution is -2.41. The predicted molar refractivity (Wildman–Crippen MR) is 94.1 cm³/mol. The first-order valence-electron chi connectivity index (χ1n) is 8.41. The van der Waals surface area contributed by atoms with E-state index in [-0.39, 0.29) is 5.91 Å². The fraction of sp³-hybridized carbons (Fsp3) is 0.529. The highest BCUT2D eigenvalue weighted by Gasteiger charge is 2.15. The third-order valence-corrected chi connectivity index (χ3v) is 4.85. The molecule has 2 aromatic rings. The van der Waals surface area contributed by atoms with Gasteiger partial charge in [-0.25, -0.2) is 0 Å². The molecule has 136 valence electrons. The number of rotatable bonds is 6. The fourth-order valence-electron chi connectivity index (χ4n) is 2.80. The highest BCUT2D eigenvalue weighted by Crippen LogP contribution is 2.20. The first-order chi connectivity index (χ1) is 12.0. The molecule has 0 unspecified atom stereocenters. The summed E-state index contributed by atoms with van der Waals surface area (Å²) in [6, 6.07) is 3.48.